The third-order valence-electron chi connectivity index (χ3n) is 2.76. The van der Waals surface area contributed by atoms with Crippen molar-refractivity contribution >= 4 is 13.6 Å². The van der Waals surface area contributed by atoms with Crippen molar-refractivity contribution in [1.82, 2.24) is 9.55 Å². The number of nitrogens with zero attached hydrogens (tertiary/aromatic N) is 2. The van der Waals surface area contributed by atoms with E-state index in [9.17, 15) is 24.3 Å². The standard InChI is InChI=1S/C9H14N3O7P.2Na/c10-7-1-2-12(9(14)11-7)8-3-5(13)6(19-8)4-18-20(15,16)17;;/h1-2,5-6,8,13H,3-4H2,(H2,10,11,14)(H2,15,16,17);;/q;2*+1/p-2/t5-,6-,8+;;/m1../s1/i1+1,2+1,3+1,4+1,5+1,6+1,7+1,8+1,9+1,10+1,11+1,12+1;;. The number of aliphatic hydroxyl groups excluding tert-OH is 1. The van der Waals surface area contributed by atoms with Crippen molar-refractivity contribution in [2.75, 3.05) is 12.3 Å². The molecule has 1 aromatic rings. The summed E-state index contributed by atoms with van der Waals surface area (Å²) < 4.78 is 20.8. The van der Waals surface area contributed by atoms with E-state index < -0.39 is 38.6 Å². The number of aromatic nitrogens is 2. The van der Waals surface area contributed by atoms with Crippen LogP contribution in [0.2, 0.25) is 0 Å². The molecule has 13 heteroatoms. The first-order valence-electron chi connectivity index (χ1n) is 5.61. The molecule has 3 N–H and O–H groups in total. The Labute approximate surface area is 169 Å². The van der Waals surface area contributed by atoms with Crippen LogP contribution in [-0.4, -0.2) is 33.5 Å². The molecule has 10 nitrogen and oxygen atoms in total. The van der Waals surface area contributed by atoms with Crippen LogP contribution in [0, 0.1) is 0 Å². The summed E-state index contributed by atoms with van der Waals surface area (Å²) in [7, 11) is -5.14. The number of phosphoric ester groups is 1. The van der Waals surface area contributed by atoms with Gasteiger partial charge >= 0.3 is 64.8 Å². The van der Waals surface area contributed by atoms with Gasteiger partial charge in [0.2, 0.25) is 0 Å². The predicted octanol–water partition coefficient (Wildman–Crippen LogP) is -8.67. The molecule has 1 aliphatic heterocycles. The maximum Gasteiger partial charge on any atom is 1.00 e. The number of rotatable bonds is 4. The van der Waals surface area contributed by atoms with E-state index in [2.05, 4.69) is 9.51 Å². The van der Waals surface area contributed by atoms with E-state index in [0.717, 1.165) is 4.57 Å². The van der Waals surface area contributed by atoms with Crippen LogP contribution < -0.4 is 80.3 Å². The smallest absolute Gasteiger partial charge is 0.790 e. The molecule has 2 rings (SSSR count). The van der Waals surface area contributed by atoms with Gasteiger partial charge in [0, 0.05) is 12.6 Å². The summed E-state index contributed by atoms with van der Waals surface area (Å²) in [4.78, 5) is 35.8. The summed E-state index contributed by atoms with van der Waals surface area (Å²) in [5.41, 5.74) is 4.68. The average molecular weight is 363 g/mol. The third kappa shape index (κ3) is 6.31. The van der Waals surface area contributed by atoms with E-state index in [4.69, 9.17) is 10.5 Å². The van der Waals surface area contributed by atoms with Gasteiger partial charge in [0.05, 0.1) is 20.5 Å². The number of hydrogen-bond donors (Lipinski definition) is 2. The van der Waals surface area contributed by atoms with Crippen molar-refractivity contribution in [3.63, 3.8) is 0 Å². The molecule has 0 aromatic carbocycles. The van der Waals surface area contributed by atoms with Gasteiger partial charge in [-0.1, -0.05) is 0 Å². The Morgan fingerprint density at radius 1 is 1.55 bits per heavy atom. The first kappa shape index (κ1) is 22.7. The Kier molecular flexibility index (Phi) is 9.56. The second kappa shape index (κ2) is 9.26. The molecule has 1 aromatic heterocycles. The van der Waals surface area contributed by atoms with Crippen molar-refractivity contribution in [2.45, 2.75) is 24.9 Å². The van der Waals surface area contributed by atoms with E-state index in [1.54, 1.807) is 0 Å². The Hall–Kier alpha value is 0.710. The number of hydrogen-bond acceptors (Lipinski definition) is 9. The largest absolute Gasteiger partial charge is 1.00 e. The summed E-state index contributed by atoms with van der Waals surface area (Å²) in [5.74, 6) is 0.0447. The zero-order chi connectivity index (χ0) is 14.9. The van der Waals surface area contributed by atoms with Gasteiger partial charge in [-0.05, 0) is 6.07 Å². The molecular weight excluding hydrogens is 351 g/mol. The zero-order valence-electron chi connectivity index (χ0n) is 12.1. The zero-order valence-corrected chi connectivity index (χ0v) is 17.0. The molecule has 0 spiro atoms. The fourth-order valence-corrected chi connectivity index (χ4v) is 2.18. The minimum Gasteiger partial charge on any atom is -0.790 e. The van der Waals surface area contributed by atoms with Gasteiger partial charge in [-0.3, -0.25) is 4.57 Å². The summed E-state index contributed by atoms with van der Waals surface area (Å²) in [6.45, 7) is -0.612. The van der Waals surface area contributed by atoms with Crippen molar-refractivity contribution in [2.24, 2.45) is 0 Å². The van der Waals surface area contributed by atoms with Gasteiger partial charge < -0.3 is 34.5 Å². The van der Waals surface area contributed by atoms with E-state index in [1.807, 2.05) is 0 Å². The summed E-state index contributed by atoms with van der Waals surface area (Å²) in [6, 6.07) is 1.38. The molecule has 0 saturated carbocycles. The summed E-state index contributed by atoms with van der Waals surface area (Å²) in [5, 5.41) is 9.70. The summed E-state index contributed by atoms with van der Waals surface area (Å²) in [6.07, 6.45) is -1.56. The third-order valence-corrected chi connectivity index (χ3v) is 3.23. The SMILES string of the molecule is [15NH2][13c]1[13cH][13cH][15n]([13C@@H]2[13CH2][13C@@H](O)[13C@@H]([13CH2]OP(=O)([O-])[O-])O2)[13c](=O)[15n]1.[Na+].[Na+]. The van der Waals surface area contributed by atoms with Crippen LogP contribution in [0.4, 0.5) is 5.82 Å². The maximum absolute atomic E-state index is 11.6. The number of aliphatic hydroxyl groups is 1. The van der Waals surface area contributed by atoms with Crippen molar-refractivity contribution in [1.29, 1.82) is 0 Å². The first-order valence-corrected chi connectivity index (χ1v) is 7.07. The van der Waals surface area contributed by atoms with Gasteiger partial charge in [0.25, 0.3) is 0 Å². The molecule has 2 heterocycles. The number of anilines is 1. The molecule has 0 radical (unpaired) electrons. The number of phosphoric acid groups is 1. The van der Waals surface area contributed by atoms with Crippen molar-refractivity contribution in [3.8, 4) is 0 Å². The van der Waals surface area contributed by atoms with E-state index >= 15 is 0 Å². The molecule has 0 aliphatic carbocycles. The molecule has 22 heavy (non-hydrogen) atoms. The van der Waals surface area contributed by atoms with Gasteiger partial charge in [-0.2, -0.15) is 4.98 Å². The van der Waals surface area contributed by atoms with Crippen molar-refractivity contribution in [3.05, 3.63) is 22.7 Å². The molecule has 3 atom stereocenters. The summed E-state index contributed by atoms with van der Waals surface area (Å²) >= 11 is 0. The average Bonchev–Trinajstić information content (AvgIpc) is 2.67. The first-order chi connectivity index (χ1) is 9.26. The second-order valence-corrected chi connectivity index (χ2v) is 5.37. The van der Waals surface area contributed by atoms with Gasteiger partial charge in [-0.25, -0.2) is 4.79 Å². The van der Waals surface area contributed by atoms with E-state index in [1.165, 1.54) is 12.3 Å². The van der Waals surface area contributed by atoms with Crippen molar-refractivity contribution < 1.29 is 87.8 Å². The Bertz CT molecular complexity index is 595. The molecule has 112 valence electrons. The molecule has 0 bridgehead atoms. The Balaban J connectivity index is 0.00000220. The van der Waals surface area contributed by atoms with Crippen LogP contribution in [-0.2, 0) is 13.8 Å². The van der Waals surface area contributed by atoms with Crippen LogP contribution in [0.25, 0.3) is 0 Å². The van der Waals surface area contributed by atoms with Crippen LogP contribution in [0.3, 0.4) is 0 Å². The fraction of sp³-hybridized carbons (Fsp3) is 0.556. The molecule has 1 fully saturated rings. The maximum atomic E-state index is 11.6. The topological polar surface area (TPSA) is 163 Å². The van der Waals surface area contributed by atoms with Gasteiger partial charge in [-0.15, -0.1) is 0 Å². The van der Waals surface area contributed by atoms with Gasteiger partial charge in [0.1, 0.15) is 18.1 Å². The minimum atomic E-state index is -5.14. The minimum absolute atomic E-state index is 0. The molecular formula is C9H12N3Na2O7P. The number of nitrogen functional groups attached to an aromatic ring is 1. The second-order valence-electron chi connectivity index (χ2n) is 4.22. The van der Waals surface area contributed by atoms with Crippen LogP contribution >= 0.6 is 7.82 Å². The predicted molar refractivity (Wildman–Crippen MR) is 61.0 cm³/mol. The quantitative estimate of drug-likeness (QED) is 0.229. The monoisotopic (exact) mass is 363 g/mol. The van der Waals surface area contributed by atoms with Crippen LogP contribution in [0.15, 0.2) is 17.1 Å². The van der Waals surface area contributed by atoms with Crippen LogP contribution in [0.5, 0.6) is 0 Å². The van der Waals surface area contributed by atoms with Crippen LogP contribution in [0.1, 0.15) is 12.6 Å². The molecule has 1 aliphatic rings. The Morgan fingerprint density at radius 3 is 2.73 bits per heavy atom. The number of ether oxygens (including phenoxy) is 1. The Morgan fingerprint density at radius 2 is 2.18 bits per heavy atom. The normalized spacial score (nSPS) is 24.4. The van der Waals surface area contributed by atoms with E-state index in [-0.39, 0.29) is 71.4 Å². The molecule has 1 saturated heterocycles. The molecule has 0 unspecified atom stereocenters. The number of nitrogens with two attached hydrogens (primary N) is 1. The fourth-order valence-electron chi connectivity index (χ4n) is 1.85. The molecule has 0 amide bonds. The van der Waals surface area contributed by atoms with E-state index in [0.29, 0.717) is 0 Å². The van der Waals surface area contributed by atoms with Gasteiger partial charge in [0.15, 0.2) is 0 Å².